The number of carbonyl (C=O) groups is 1. The van der Waals surface area contributed by atoms with E-state index in [0.29, 0.717) is 13.1 Å². The van der Waals surface area contributed by atoms with Crippen LogP contribution in [0.3, 0.4) is 0 Å². The van der Waals surface area contributed by atoms with Crippen LogP contribution in [0.1, 0.15) is 19.8 Å². The molecule has 1 saturated carbocycles. The van der Waals surface area contributed by atoms with Gasteiger partial charge in [-0.15, -0.1) is 0 Å². The molecule has 1 heterocycles. The van der Waals surface area contributed by atoms with Crippen LogP contribution < -0.4 is 0 Å². The maximum Gasteiger partial charge on any atom is 0.302 e. The van der Waals surface area contributed by atoms with Crippen molar-refractivity contribution in [1.29, 1.82) is 0 Å². The zero-order valence-electron chi connectivity index (χ0n) is 9.55. The second-order valence-electron chi connectivity index (χ2n) is 4.75. The van der Waals surface area contributed by atoms with Crippen LogP contribution in [0.2, 0.25) is 0 Å². The Hall–Kier alpha value is -0.620. The minimum absolute atomic E-state index is 0.0736. The quantitative estimate of drug-likeness (QED) is 0.655. The van der Waals surface area contributed by atoms with E-state index in [1.165, 1.54) is 17.5 Å². The zero-order valence-corrected chi connectivity index (χ0v) is 10.4. The highest BCUT2D eigenvalue weighted by Gasteiger charge is 2.46. The van der Waals surface area contributed by atoms with Gasteiger partial charge in [0.25, 0.3) is 0 Å². The van der Waals surface area contributed by atoms with Crippen molar-refractivity contribution < 1.29 is 17.9 Å². The third kappa shape index (κ3) is 2.22. The molecule has 0 aromatic rings. The lowest BCUT2D eigenvalue weighted by molar-refractivity contribution is -0.152. The SMILES string of the molecule is CC(=O)OC1C2CCC1CN(S(C)(=O)=O)C2. The predicted octanol–water partition coefficient (Wildman–Crippen LogP) is 0.220. The van der Waals surface area contributed by atoms with Crippen molar-refractivity contribution in [2.24, 2.45) is 11.8 Å². The molecule has 2 unspecified atom stereocenters. The van der Waals surface area contributed by atoms with Crippen LogP contribution >= 0.6 is 0 Å². The molecule has 16 heavy (non-hydrogen) atoms. The number of piperidine rings is 1. The summed E-state index contributed by atoms with van der Waals surface area (Å²) in [5.74, 6) is 0.0875. The maximum absolute atomic E-state index is 11.5. The third-order valence-corrected chi connectivity index (χ3v) is 4.72. The van der Waals surface area contributed by atoms with E-state index >= 15 is 0 Å². The van der Waals surface area contributed by atoms with Crippen molar-refractivity contribution >= 4 is 16.0 Å². The largest absolute Gasteiger partial charge is 0.462 e. The first-order valence-corrected chi connectivity index (χ1v) is 7.35. The smallest absolute Gasteiger partial charge is 0.302 e. The topological polar surface area (TPSA) is 63.7 Å². The van der Waals surface area contributed by atoms with E-state index in [1.54, 1.807) is 0 Å². The first kappa shape index (κ1) is 11.9. The van der Waals surface area contributed by atoms with E-state index in [9.17, 15) is 13.2 Å². The Morgan fingerprint density at radius 3 is 2.12 bits per heavy atom. The molecule has 2 atom stereocenters. The molecule has 5 nitrogen and oxygen atoms in total. The Morgan fingerprint density at radius 1 is 1.25 bits per heavy atom. The van der Waals surface area contributed by atoms with Gasteiger partial charge in [0.2, 0.25) is 10.0 Å². The molecule has 2 aliphatic rings. The average molecular weight is 247 g/mol. The van der Waals surface area contributed by atoms with Crippen molar-refractivity contribution in [3.8, 4) is 0 Å². The van der Waals surface area contributed by atoms with Gasteiger partial charge in [-0.05, 0) is 12.8 Å². The fourth-order valence-corrected chi connectivity index (χ4v) is 3.71. The van der Waals surface area contributed by atoms with E-state index < -0.39 is 10.0 Å². The van der Waals surface area contributed by atoms with Gasteiger partial charge in [-0.25, -0.2) is 12.7 Å². The molecule has 0 aromatic carbocycles. The van der Waals surface area contributed by atoms with E-state index in [4.69, 9.17) is 4.74 Å². The summed E-state index contributed by atoms with van der Waals surface area (Å²) in [6.07, 6.45) is 3.07. The van der Waals surface area contributed by atoms with Crippen molar-refractivity contribution in [1.82, 2.24) is 4.31 Å². The van der Waals surface area contributed by atoms with Crippen LogP contribution in [0, 0.1) is 11.8 Å². The molecule has 1 aliphatic heterocycles. The number of esters is 1. The normalized spacial score (nSPS) is 35.0. The summed E-state index contributed by atoms with van der Waals surface area (Å²) in [5.41, 5.74) is 0. The molecule has 6 heteroatoms. The highest BCUT2D eigenvalue weighted by Crippen LogP contribution is 2.39. The lowest BCUT2D eigenvalue weighted by atomic mass is 9.96. The Bertz CT molecular complexity index is 378. The molecule has 0 aromatic heterocycles. The molecular weight excluding hydrogens is 230 g/mol. The van der Waals surface area contributed by atoms with Gasteiger partial charge in [-0.2, -0.15) is 0 Å². The molecule has 0 N–H and O–H groups in total. The molecule has 2 fully saturated rings. The second kappa shape index (κ2) is 4.00. The van der Waals surface area contributed by atoms with Crippen LogP contribution in [0.25, 0.3) is 0 Å². The molecule has 2 bridgehead atoms. The molecule has 1 aliphatic carbocycles. The summed E-state index contributed by atoms with van der Waals surface area (Å²) in [6.45, 7) is 2.39. The lowest BCUT2D eigenvalue weighted by Crippen LogP contribution is -2.48. The van der Waals surface area contributed by atoms with E-state index in [1.807, 2.05) is 0 Å². The predicted molar refractivity (Wildman–Crippen MR) is 58.2 cm³/mol. The third-order valence-electron chi connectivity index (χ3n) is 3.48. The van der Waals surface area contributed by atoms with Crippen LogP contribution in [-0.2, 0) is 19.6 Å². The summed E-state index contributed by atoms with van der Waals surface area (Å²) in [5, 5.41) is 0. The Balaban J connectivity index is 2.09. The number of rotatable bonds is 2. The van der Waals surface area contributed by atoms with Crippen molar-refractivity contribution in [2.75, 3.05) is 19.3 Å². The van der Waals surface area contributed by atoms with Gasteiger partial charge < -0.3 is 4.74 Å². The number of fused-ring (bicyclic) bond motifs is 2. The highest BCUT2D eigenvalue weighted by molar-refractivity contribution is 7.88. The number of carbonyl (C=O) groups excluding carboxylic acids is 1. The highest BCUT2D eigenvalue weighted by atomic mass is 32.2. The average Bonchev–Trinajstić information content (AvgIpc) is 2.40. The maximum atomic E-state index is 11.5. The second-order valence-corrected chi connectivity index (χ2v) is 6.73. The first-order valence-electron chi connectivity index (χ1n) is 5.50. The van der Waals surface area contributed by atoms with Crippen LogP contribution in [-0.4, -0.2) is 44.1 Å². The monoisotopic (exact) mass is 247 g/mol. The summed E-state index contributed by atoms with van der Waals surface area (Å²) in [7, 11) is -3.11. The van der Waals surface area contributed by atoms with Gasteiger partial charge in [-0.1, -0.05) is 0 Å². The lowest BCUT2D eigenvalue weighted by Gasteiger charge is -2.35. The molecule has 1 saturated heterocycles. The fourth-order valence-electron chi connectivity index (χ4n) is 2.78. The fraction of sp³-hybridized carbons (Fsp3) is 0.900. The summed E-state index contributed by atoms with van der Waals surface area (Å²) in [4.78, 5) is 11.0. The minimum atomic E-state index is -3.11. The number of hydrogen-bond donors (Lipinski definition) is 0. The van der Waals surface area contributed by atoms with E-state index in [0.717, 1.165) is 12.8 Å². The van der Waals surface area contributed by atoms with Gasteiger partial charge in [0, 0.05) is 31.8 Å². The van der Waals surface area contributed by atoms with Crippen molar-refractivity contribution in [2.45, 2.75) is 25.9 Å². The van der Waals surface area contributed by atoms with Gasteiger partial charge >= 0.3 is 5.97 Å². The number of sulfonamides is 1. The van der Waals surface area contributed by atoms with E-state index in [-0.39, 0.29) is 23.9 Å². The van der Waals surface area contributed by atoms with Crippen molar-refractivity contribution in [3.63, 3.8) is 0 Å². The summed E-state index contributed by atoms with van der Waals surface area (Å²) >= 11 is 0. The number of ether oxygens (including phenoxy) is 1. The molecule has 92 valence electrons. The standard InChI is InChI=1S/C10H17NO4S/c1-7(12)15-10-8-3-4-9(10)6-11(5-8)16(2,13)14/h8-10H,3-6H2,1-2H3. The molecular formula is C10H17NO4S. The Morgan fingerprint density at radius 2 is 1.75 bits per heavy atom. The number of hydrogen-bond acceptors (Lipinski definition) is 4. The van der Waals surface area contributed by atoms with Crippen molar-refractivity contribution in [3.05, 3.63) is 0 Å². The van der Waals surface area contributed by atoms with Gasteiger partial charge in [0.1, 0.15) is 6.10 Å². The van der Waals surface area contributed by atoms with Crippen LogP contribution in [0.15, 0.2) is 0 Å². The number of nitrogens with zero attached hydrogens (tertiary/aromatic N) is 1. The van der Waals surface area contributed by atoms with Gasteiger partial charge in [-0.3, -0.25) is 4.79 Å². The van der Waals surface area contributed by atoms with Crippen LogP contribution in [0.5, 0.6) is 0 Å². The molecule has 2 rings (SSSR count). The summed E-state index contributed by atoms with van der Waals surface area (Å²) < 4.78 is 29.7. The Labute approximate surface area is 95.8 Å². The van der Waals surface area contributed by atoms with E-state index in [2.05, 4.69) is 0 Å². The summed E-state index contributed by atoms with van der Waals surface area (Å²) in [6, 6.07) is 0. The zero-order chi connectivity index (χ0) is 11.9. The minimum Gasteiger partial charge on any atom is -0.462 e. The van der Waals surface area contributed by atoms with Crippen LogP contribution in [0.4, 0.5) is 0 Å². The molecule has 0 spiro atoms. The first-order chi connectivity index (χ1) is 7.38. The Kier molecular flexibility index (Phi) is 2.96. The van der Waals surface area contributed by atoms with Gasteiger partial charge in [0.05, 0.1) is 6.26 Å². The molecule has 0 radical (unpaired) electrons. The molecule has 0 amide bonds. The van der Waals surface area contributed by atoms with Gasteiger partial charge in [0.15, 0.2) is 0 Å².